The average Bonchev–Trinajstić information content (AvgIpc) is 2.83. The van der Waals surface area contributed by atoms with Gasteiger partial charge in [-0.1, -0.05) is 60.2 Å². The van der Waals surface area contributed by atoms with Crippen LogP contribution in [0.2, 0.25) is 0 Å². The number of pyridine rings is 1. The topological polar surface area (TPSA) is 87.1 Å². The molecular weight excluding hydrogens is 445 g/mol. The Kier molecular flexibility index (Phi) is 8.01. The first-order valence-electron chi connectivity index (χ1n) is 10.5. The zero-order valence-electron chi connectivity index (χ0n) is 18.8. The highest BCUT2D eigenvalue weighted by molar-refractivity contribution is 6.14. The van der Waals surface area contributed by atoms with E-state index < -0.39 is 18.3 Å². The number of alkyl halides is 3. The summed E-state index contributed by atoms with van der Waals surface area (Å²) in [5, 5.41) is 14.0. The molecule has 1 aromatic heterocycles. The molecule has 0 spiro atoms. The Bertz CT molecular complexity index is 1150. The molecule has 0 aliphatic heterocycles. The predicted molar refractivity (Wildman–Crippen MR) is 125 cm³/mol. The van der Waals surface area contributed by atoms with Gasteiger partial charge >= 0.3 is 6.18 Å². The van der Waals surface area contributed by atoms with Gasteiger partial charge in [-0.15, -0.1) is 0 Å². The summed E-state index contributed by atoms with van der Waals surface area (Å²) in [4.78, 5) is 16.2. The number of halogens is 3. The molecule has 178 valence electrons. The maximum atomic E-state index is 13.9. The Morgan fingerprint density at radius 2 is 1.76 bits per heavy atom. The van der Waals surface area contributed by atoms with Crippen LogP contribution in [0.3, 0.4) is 0 Å². The summed E-state index contributed by atoms with van der Waals surface area (Å²) in [5.41, 5.74) is 0.665. The highest BCUT2D eigenvalue weighted by Crippen LogP contribution is 2.37. The van der Waals surface area contributed by atoms with Crippen molar-refractivity contribution in [2.75, 3.05) is 25.5 Å². The van der Waals surface area contributed by atoms with Gasteiger partial charge in [-0.25, -0.2) is 0 Å². The number of Topliss-reactive ketones (excluding diaryl/α,β-unsaturated/α-hetero) is 1. The van der Waals surface area contributed by atoms with Crippen LogP contribution in [0.15, 0.2) is 60.7 Å². The van der Waals surface area contributed by atoms with E-state index >= 15 is 0 Å². The van der Waals surface area contributed by atoms with Gasteiger partial charge in [0.1, 0.15) is 12.4 Å². The Balaban J connectivity index is 1.72. The van der Waals surface area contributed by atoms with Crippen LogP contribution < -0.4 is 15.4 Å². The van der Waals surface area contributed by atoms with E-state index in [1.54, 1.807) is 30.3 Å². The maximum Gasteiger partial charge on any atom is 0.417 e. The van der Waals surface area contributed by atoms with E-state index in [2.05, 4.69) is 15.6 Å². The lowest BCUT2D eigenvalue weighted by molar-refractivity contribution is -0.137. The van der Waals surface area contributed by atoms with Crippen molar-refractivity contribution in [1.82, 2.24) is 10.3 Å². The summed E-state index contributed by atoms with van der Waals surface area (Å²) in [6.07, 6.45) is -4.76. The third kappa shape index (κ3) is 6.41. The third-order valence-corrected chi connectivity index (χ3v) is 5.00. The Hall–Kier alpha value is -3.72. The van der Waals surface area contributed by atoms with Crippen LogP contribution in [0.25, 0.3) is 0 Å². The molecule has 0 aliphatic rings. The lowest BCUT2D eigenvalue weighted by atomic mass is 9.98. The molecule has 3 rings (SSSR count). The van der Waals surface area contributed by atoms with Crippen LogP contribution >= 0.6 is 0 Å². The van der Waals surface area contributed by atoms with E-state index in [4.69, 9.17) is 10.1 Å². The molecule has 3 N–H and O–H groups in total. The Labute approximate surface area is 195 Å². The number of hydrogen-bond acceptors (Lipinski definition) is 6. The quantitative estimate of drug-likeness (QED) is 0.377. The fourth-order valence-electron chi connectivity index (χ4n) is 3.26. The monoisotopic (exact) mass is 470 g/mol. The maximum absolute atomic E-state index is 13.9. The standard InChI is InChI=1S/C25H25F3N4O2/c1-16-8-10-17(11-9-16)13-31-14-19(33)15-34-21-12-20(25(26,27)28)22(24(30-2)32-21)23(29)18-6-4-3-5-7-18/h3-12,29,31H,13-15H2,1-2H3,(H,30,32). The number of rotatable bonds is 10. The Morgan fingerprint density at radius 1 is 1.09 bits per heavy atom. The minimum absolute atomic E-state index is 0.00434. The minimum Gasteiger partial charge on any atom is -0.470 e. The summed E-state index contributed by atoms with van der Waals surface area (Å²) >= 11 is 0. The molecule has 0 aliphatic carbocycles. The van der Waals surface area contributed by atoms with E-state index in [9.17, 15) is 18.0 Å². The van der Waals surface area contributed by atoms with E-state index in [1.165, 1.54) is 7.05 Å². The lowest BCUT2D eigenvalue weighted by Crippen LogP contribution is -2.27. The SMILES string of the molecule is CNc1nc(OCC(=O)CNCc2ccc(C)cc2)cc(C(F)(F)F)c1C(=N)c1ccccc1. The van der Waals surface area contributed by atoms with Crippen LogP contribution in [0.1, 0.15) is 27.8 Å². The number of hydrogen-bond donors (Lipinski definition) is 3. The zero-order valence-corrected chi connectivity index (χ0v) is 18.8. The summed E-state index contributed by atoms with van der Waals surface area (Å²) in [7, 11) is 1.41. The molecule has 34 heavy (non-hydrogen) atoms. The third-order valence-electron chi connectivity index (χ3n) is 5.00. The van der Waals surface area contributed by atoms with Crippen LogP contribution in [0.4, 0.5) is 19.0 Å². The van der Waals surface area contributed by atoms with E-state index in [0.717, 1.165) is 17.2 Å². The van der Waals surface area contributed by atoms with E-state index in [-0.39, 0.29) is 35.3 Å². The molecule has 0 bridgehead atoms. The summed E-state index contributed by atoms with van der Waals surface area (Å²) < 4.78 is 47.0. The second kappa shape index (κ2) is 10.9. The van der Waals surface area contributed by atoms with Gasteiger partial charge in [-0.2, -0.15) is 18.2 Å². The van der Waals surface area contributed by atoms with Crippen LogP contribution in [0.5, 0.6) is 5.88 Å². The summed E-state index contributed by atoms with van der Waals surface area (Å²) in [6.45, 7) is 2.01. The number of carbonyl (C=O) groups is 1. The first-order valence-corrected chi connectivity index (χ1v) is 10.5. The molecule has 0 amide bonds. The number of nitrogens with zero attached hydrogens (tertiary/aromatic N) is 1. The molecule has 0 atom stereocenters. The van der Waals surface area contributed by atoms with Crippen molar-refractivity contribution in [3.8, 4) is 5.88 Å². The number of benzene rings is 2. The molecule has 2 aromatic carbocycles. The van der Waals surface area contributed by atoms with Gasteiger partial charge in [0.25, 0.3) is 0 Å². The first-order chi connectivity index (χ1) is 16.2. The van der Waals surface area contributed by atoms with Gasteiger partial charge in [0.05, 0.1) is 23.4 Å². The van der Waals surface area contributed by atoms with Gasteiger partial charge in [-0.3, -0.25) is 10.2 Å². The van der Waals surface area contributed by atoms with Crippen molar-refractivity contribution >= 4 is 17.3 Å². The predicted octanol–water partition coefficient (Wildman–Crippen LogP) is 4.60. The van der Waals surface area contributed by atoms with E-state index in [1.807, 2.05) is 31.2 Å². The second-order valence-electron chi connectivity index (χ2n) is 7.64. The molecular formula is C25H25F3N4O2. The van der Waals surface area contributed by atoms with Crippen molar-refractivity contribution in [3.63, 3.8) is 0 Å². The number of aryl methyl sites for hydroxylation is 1. The number of ether oxygens (including phenoxy) is 1. The summed E-state index contributed by atoms with van der Waals surface area (Å²) in [5.74, 6) is -0.855. The number of anilines is 1. The van der Waals surface area contributed by atoms with Crippen molar-refractivity contribution in [2.45, 2.75) is 19.6 Å². The highest BCUT2D eigenvalue weighted by Gasteiger charge is 2.37. The number of carbonyl (C=O) groups excluding carboxylic acids is 1. The van der Waals surface area contributed by atoms with Gasteiger partial charge in [0.15, 0.2) is 5.78 Å². The summed E-state index contributed by atoms with van der Waals surface area (Å²) in [6, 6.07) is 16.6. The number of nitrogens with one attached hydrogen (secondary N) is 3. The fraction of sp³-hybridized carbons (Fsp3) is 0.240. The zero-order chi connectivity index (χ0) is 24.7. The molecule has 3 aromatic rings. The molecule has 0 unspecified atom stereocenters. The first kappa shape index (κ1) is 24.9. The molecule has 6 nitrogen and oxygen atoms in total. The highest BCUT2D eigenvalue weighted by atomic mass is 19.4. The van der Waals surface area contributed by atoms with Crippen molar-refractivity contribution in [1.29, 1.82) is 5.41 Å². The van der Waals surface area contributed by atoms with E-state index in [0.29, 0.717) is 12.1 Å². The van der Waals surface area contributed by atoms with Gasteiger partial charge in [-0.05, 0) is 12.5 Å². The number of ketones is 1. The molecule has 1 heterocycles. The molecule has 9 heteroatoms. The fourth-order valence-corrected chi connectivity index (χ4v) is 3.26. The molecule has 0 saturated carbocycles. The largest absolute Gasteiger partial charge is 0.470 e. The smallest absolute Gasteiger partial charge is 0.417 e. The molecule has 0 saturated heterocycles. The second-order valence-corrected chi connectivity index (χ2v) is 7.64. The Morgan fingerprint density at radius 3 is 2.38 bits per heavy atom. The van der Waals surface area contributed by atoms with Crippen LogP contribution in [0, 0.1) is 12.3 Å². The average molecular weight is 470 g/mol. The van der Waals surface area contributed by atoms with Gasteiger partial charge in [0.2, 0.25) is 5.88 Å². The van der Waals surface area contributed by atoms with Gasteiger partial charge in [0, 0.05) is 25.2 Å². The normalized spacial score (nSPS) is 11.2. The van der Waals surface area contributed by atoms with Gasteiger partial charge < -0.3 is 15.4 Å². The number of aromatic nitrogens is 1. The van der Waals surface area contributed by atoms with Crippen LogP contribution in [-0.4, -0.2) is 36.7 Å². The minimum atomic E-state index is -4.76. The molecule has 0 radical (unpaired) electrons. The van der Waals surface area contributed by atoms with Crippen molar-refractivity contribution in [2.24, 2.45) is 0 Å². The van der Waals surface area contributed by atoms with Crippen molar-refractivity contribution in [3.05, 3.63) is 88.5 Å². The molecule has 0 fully saturated rings. The lowest BCUT2D eigenvalue weighted by Gasteiger charge is -2.18. The van der Waals surface area contributed by atoms with Crippen LogP contribution in [-0.2, 0) is 17.5 Å². The van der Waals surface area contributed by atoms with Crippen molar-refractivity contribution < 1.29 is 22.7 Å².